The number of fused-ring (bicyclic) bond motifs is 1. The highest BCUT2D eigenvalue weighted by atomic mass is 32.2. The van der Waals surface area contributed by atoms with Gasteiger partial charge in [-0.1, -0.05) is 30.0 Å². The second-order valence-electron chi connectivity index (χ2n) is 4.63. The third kappa shape index (κ3) is 3.01. The molecule has 106 valence electrons. The molecule has 2 N–H and O–H groups in total. The van der Waals surface area contributed by atoms with Gasteiger partial charge in [0.2, 0.25) is 0 Å². The Morgan fingerprint density at radius 2 is 1.86 bits per heavy atom. The van der Waals surface area contributed by atoms with Crippen LogP contribution in [0.15, 0.2) is 64.5 Å². The number of ether oxygens (including phenoxy) is 1. The van der Waals surface area contributed by atoms with Crippen molar-refractivity contribution in [1.82, 2.24) is 4.98 Å². The molecule has 3 rings (SSSR count). The van der Waals surface area contributed by atoms with Crippen LogP contribution in [0.5, 0.6) is 5.75 Å². The SMILES string of the molecule is COc1ccc(Sc2nc3ccccc3cc2CN)cc1. The summed E-state index contributed by atoms with van der Waals surface area (Å²) in [5.41, 5.74) is 7.92. The summed E-state index contributed by atoms with van der Waals surface area (Å²) in [6.07, 6.45) is 0. The van der Waals surface area contributed by atoms with Gasteiger partial charge in [-0.25, -0.2) is 4.98 Å². The Balaban J connectivity index is 1.97. The van der Waals surface area contributed by atoms with Gasteiger partial charge in [0, 0.05) is 16.8 Å². The Labute approximate surface area is 128 Å². The van der Waals surface area contributed by atoms with Crippen LogP contribution in [-0.2, 0) is 6.54 Å². The molecule has 0 radical (unpaired) electrons. The van der Waals surface area contributed by atoms with E-state index in [1.54, 1.807) is 18.9 Å². The highest BCUT2D eigenvalue weighted by Crippen LogP contribution is 2.31. The van der Waals surface area contributed by atoms with Crippen molar-refractivity contribution in [3.63, 3.8) is 0 Å². The first-order valence-corrected chi connectivity index (χ1v) is 7.52. The van der Waals surface area contributed by atoms with Crippen molar-refractivity contribution in [3.05, 3.63) is 60.2 Å². The zero-order valence-corrected chi connectivity index (χ0v) is 12.6. The smallest absolute Gasteiger partial charge is 0.118 e. The number of hydrogen-bond donors (Lipinski definition) is 1. The van der Waals surface area contributed by atoms with Gasteiger partial charge in [-0.05, 0) is 42.0 Å². The number of nitrogens with zero attached hydrogens (tertiary/aromatic N) is 1. The number of pyridine rings is 1. The van der Waals surface area contributed by atoms with Crippen LogP contribution in [0.3, 0.4) is 0 Å². The van der Waals surface area contributed by atoms with E-state index in [1.165, 1.54) is 0 Å². The van der Waals surface area contributed by atoms with Gasteiger partial charge < -0.3 is 10.5 Å². The summed E-state index contributed by atoms with van der Waals surface area (Å²) in [5, 5.41) is 2.08. The van der Waals surface area contributed by atoms with Gasteiger partial charge in [-0.3, -0.25) is 0 Å². The number of benzene rings is 2. The van der Waals surface area contributed by atoms with E-state index in [-0.39, 0.29) is 0 Å². The minimum Gasteiger partial charge on any atom is -0.497 e. The Hall–Kier alpha value is -2.04. The summed E-state index contributed by atoms with van der Waals surface area (Å²) in [6, 6.07) is 18.2. The van der Waals surface area contributed by atoms with Crippen LogP contribution in [0.2, 0.25) is 0 Å². The number of methoxy groups -OCH3 is 1. The van der Waals surface area contributed by atoms with Crippen molar-refractivity contribution in [2.45, 2.75) is 16.5 Å². The van der Waals surface area contributed by atoms with Crippen LogP contribution in [0, 0.1) is 0 Å². The van der Waals surface area contributed by atoms with Crippen molar-refractivity contribution >= 4 is 22.7 Å². The fraction of sp³-hybridized carbons (Fsp3) is 0.118. The van der Waals surface area contributed by atoms with E-state index in [0.717, 1.165) is 32.1 Å². The third-order valence-electron chi connectivity index (χ3n) is 3.26. The Kier molecular flexibility index (Phi) is 4.08. The lowest BCUT2D eigenvalue weighted by molar-refractivity contribution is 0.414. The Bertz CT molecular complexity index is 756. The summed E-state index contributed by atoms with van der Waals surface area (Å²) >= 11 is 1.63. The molecule has 2 aromatic carbocycles. The molecular weight excluding hydrogens is 280 g/mol. The van der Waals surface area contributed by atoms with Crippen LogP contribution in [0.1, 0.15) is 5.56 Å². The minimum absolute atomic E-state index is 0.482. The lowest BCUT2D eigenvalue weighted by atomic mass is 10.1. The van der Waals surface area contributed by atoms with Gasteiger partial charge >= 0.3 is 0 Å². The summed E-state index contributed by atoms with van der Waals surface area (Å²) in [5.74, 6) is 0.852. The molecule has 1 aromatic heterocycles. The standard InChI is InChI=1S/C17H16N2OS/c1-20-14-6-8-15(9-7-14)21-17-13(11-18)10-12-4-2-3-5-16(12)19-17/h2-10H,11,18H2,1H3. The molecule has 0 aliphatic carbocycles. The fourth-order valence-electron chi connectivity index (χ4n) is 2.13. The second kappa shape index (κ2) is 6.16. The molecule has 0 saturated carbocycles. The van der Waals surface area contributed by atoms with Crippen LogP contribution < -0.4 is 10.5 Å². The lowest BCUT2D eigenvalue weighted by Crippen LogP contribution is -2.00. The fourth-order valence-corrected chi connectivity index (χ4v) is 3.04. The summed E-state index contributed by atoms with van der Waals surface area (Å²) in [7, 11) is 1.67. The van der Waals surface area contributed by atoms with E-state index in [4.69, 9.17) is 15.5 Å². The maximum Gasteiger partial charge on any atom is 0.118 e. The van der Waals surface area contributed by atoms with Gasteiger partial charge in [0.25, 0.3) is 0 Å². The molecule has 0 bridgehead atoms. The number of aromatic nitrogens is 1. The zero-order chi connectivity index (χ0) is 14.7. The highest BCUT2D eigenvalue weighted by Gasteiger charge is 2.08. The molecule has 0 spiro atoms. The topological polar surface area (TPSA) is 48.1 Å². The highest BCUT2D eigenvalue weighted by molar-refractivity contribution is 7.99. The van der Waals surface area contributed by atoms with Crippen molar-refractivity contribution in [2.24, 2.45) is 5.73 Å². The van der Waals surface area contributed by atoms with Crippen molar-refractivity contribution < 1.29 is 4.74 Å². The zero-order valence-electron chi connectivity index (χ0n) is 11.7. The minimum atomic E-state index is 0.482. The molecule has 3 nitrogen and oxygen atoms in total. The average molecular weight is 296 g/mol. The molecule has 0 saturated heterocycles. The van der Waals surface area contributed by atoms with Crippen LogP contribution >= 0.6 is 11.8 Å². The van der Waals surface area contributed by atoms with Crippen molar-refractivity contribution in [3.8, 4) is 5.75 Å². The molecule has 4 heteroatoms. The van der Waals surface area contributed by atoms with E-state index in [2.05, 4.69) is 12.1 Å². The largest absolute Gasteiger partial charge is 0.497 e. The predicted octanol–water partition coefficient (Wildman–Crippen LogP) is 3.85. The first kappa shape index (κ1) is 13.9. The van der Waals surface area contributed by atoms with E-state index >= 15 is 0 Å². The maximum absolute atomic E-state index is 5.87. The van der Waals surface area contributed by atoms with Gasteiger partial charge in [0.05, 0.1) is 12.6 Å². The van der Waals surface area contributed by atoms with Crippen LogP contribution in [0.4, 0.5) is 0 Å². The normalized spacial score (nSPS) is 10.8. The number of para-hydroxylation sites is 1. The number of hydrogen-bond acceptors (Lipinski definition) is 4. The van der Waals surface area contributed by atoms with Crippen LogP contribution in [-0.4, -0.2) is 12.1 Å². The number of nitrogens with two attached hydrogens (primary N) is 1. The molecule has 0 atom stereocenters. The third-order valence-corrected chi connectivity index (χ3v) is 4.31. The molecule has 0 aliphatic heterocycles. The van der Waals surface area contributed by atoms with Gasteiger partial charge in [-0.15, -0.1) is 0 Å². The number of rotatable bonds is 4. The molecule has 1 heterocycles. The monoisotopic (exact) mass is 296 g/mol. The van der Waals surface area contributed by atoms with E-state index < -0.39 is 0 Å². The van der Waals surface area contributed by atoms with E-state index in [1.807, 2.05) is 42.5 Å². The molecule has 0 aliphatic rings. The van der Waals surface area contributed by atoms with Crippen LogP contribution in [0.25, 0.3) is 10.9 Å². The first-order chi connectivity index (χ1) is 10.3. The summed E-state index contributed by atoms with van der Waals surface area (Å²) in [4.78, 5) is 5.85. The van der Waals surface area contributed by atoms with Crippen molar-refractivity contribution in [1.29, 1.82) is 0 Å². The van der Waals surface area contributed by atoms with Crippen molar-refractivity contribution in [2.75, 3.05) is 7.11 Å². The van der Waals surface area contributed by atoms with Gasteiger partial charge in [-0.2, -0.15) is 0 Å². The molecule has 0 unspecified atom stereocenters. The molecule has 3 aromatic rings. The predicted molar refractivity (Wildman–Crippen MR) is 86.8 cm³/mol. The lowest BCUT2D eigenvalue weighted by Gasteiger charge is -2.09. The molecular formula is C17H16N2OS. The quantitative estimate of drug-likeness (QED) is 0.794. The van der Waals surface area contributed by atoms with Gasteiger partial charge in [0.1, 0.15) is 10.8 Å². The van der Waals surface area contributed by atoms with E-state index in [9.17, 15) is 0 Å². The first-order valence-electron chi connectivity index (χ1n) is 6.71. The Morgan fingerprint density at radius 1 is 1.10 bits per heavy atom. The summed E-state index contributed by atoms with van der Waals surface area (Å²) < 4.78 is 5.18. The van der Waals surface area contributed by atoms with E-state index in [0.29, 0.717) is 6.54 Å². The summed E-state index contributed by atoms with van der Waals surface area (Å²) in [6.45, 7) is 0.482. The molecule has 21 heavy (non-hydrogen) atoms. The maximum atomic E-state index is 5.87. The Morgan fingerprint density at radius 3 is 2.57 bits per heavy atom. The second-order valence-corrected chi connectivity index (χ2v) is 5.69. The molecule has 0 fully saturated rings. The van der Waals surface area contributed by atoms with Gasteiger partial charge in [0.15, 0.2) is 0 Å². The molecule has 0 amide bonds. The average Bonchev–Trinajstić information content (AvgIpc) is 2.55.